The fourth-order valence-corrected chi connectivity index (χ4v) is 1.43. The van der Waals surface area contributed by atoms with Crippen LogP contribution in [0, 0.1) is 0 Å². The number of benzene rings is 1. The summed E-state index contributed by atoms with van der Waals surface area (Å²) in [4.78, 5) is 10.7. The SMILES string of the molecule is O=C1N[C@H](Cc2ccccc2)CO1.[H-].[Li+]. The maximum atomic E-state index is 10.7. The van der Waals surface area contributed by atoms with Crippen molar-refractivity contribution in [2.45, 2.75) is 12.5 Å². The van der Waals surface area contributed by atoms with Crippen LogP contribution in [0.2, 0.25) is 0 Å². The zero-order chi connectivity index (χ0) is 9.10. The minimum absolute atomic E-state index is 0. The number of ether oxygens (including phenoxy) is 1. The molecule has 70 valence electrons. The molecule has 1 atom stereocenters. The van der Waals surface area contributed by atoms with Gasteiger partial charge in [-0.15, -0.1) is 0 Å². The summed E-state index contributed by atoms with van der Waals surface area (Å²) in [6.45, 7) is 0.480. The summed E-state index contributed by atoms with van der Waals surface area (Å²) in [5.41, 5.74) is 1.22. The summed E-state index contributed by atoms with van der Waals surface area (Å²) in [6.07, 6.45) is 0.535. The molecule has 1 N–H and O–H groups in total. The molecule has 1 aromatic rings. The van der Waals surface area contributed by atoms with Gasteiger partial charge in [-0.3, -0.25) is 0 Å². The molecular weight excluding hydrogens is 173 g/mol. The van der Waals surface area contributed by atoms with E-state index in [1.165, 1.54) is 5.56 Å². The van der Waals surface area contributed by atoms with Crippen molar-refractivity contribution >= 4 is 6.09 Å². The number of carbonyl (C=O) groups excluding carboxylic acids is 1. The summed E-state index contributed by atoms with van der Waals surface area (Å²) >= 11 is 0. The minimum atomic E-state index is -0.305. The van der Waals surface area contributed by atoms with Crippen LogP contribution in [0.15, 0.2) is 30.3 Å². The molecular formula is C10H12LiNO2. The third-order valence-electron chi connectivity index (χ3n) is 2.06. The maximum absolute atomic E-state index is 10.7. The number of hydrogen-bond acceptors (Lipinski definition) is 2. The van der Waals surface area contributed by atoms with Gasteiger partial charge in [-0.05, 0) is 12.0 Å². The molecule has 1 saturated heterocycles. The third kappa shape index (κ3) is 2.80. The molecule has 1 aromatic carbocycles. The van der Waals surface area contributed by atoms with Crippen LogP contribution < -0.4 is 24.2 Å². The standard InChI is InChI=1S/C10H11NO2.Li.H/c12-10-11-9(7-13-10)6-8-4-2-1-3-5-8;;/h1-5,9H,6-7H2,(H,11,12);;/q;+1;-1/t9-;;/m1../s1. The van der Waals surface area contributed by atoms with Crippen molar-refractivity contribution in [1.29, 1.82) is 0 Å². The number of amides is 1. The van der Waals surface area contributed by atoms with Crippen LogP contribution in [0.4, 0.5) is 4.79 Å². The topological polar surface area (TPSA) is 38.3 Å². The molecule has 0 spiro atoms. The summed E-state index contributed by atoms with van der Waals surface area (Å²) in [6, 6.07) is 10.2. The van der Waals surface area contributed by atoms with Crippen molar-refractivity contribution in [2.24, 2.45) is 0 Å². The Labute approximate surface area is 96.5 Å². The number of carbonyl (C=O) groups is 1. The summed E-state index contributed by atoms with van der Waals surface area (Å²) < 4.78 is 4.79. The van der Waals surface area contributed by atoms with Gasteiger partial charge < -0.3 is 11.5 Å². The van der Waals surface area contributed by atoms with Gasteiger partial charge >= 0.3 is 25.0 Å². The normalized spacial score (nSPS) is 19.4. The van der Waals surface area contributed by atoms with Crippen LogP contribution in [-0.2, 0) is 11.2 Å². The van der Waals surface area contributed by atoms with E-state index in [0.717, 1.165) is 6.42 Å². The monoisotopic (exact) mass is 185 g/mol. The molecule has 0 unspecified atom stereocenters. The minimum Gasteiger partial charge on any atom is -1.00 e. The van der Waals surface area contributed by atoms with E-state index in [0.29, 0.717) is 6.61 Å². The Morgan fingerprint density at radius 2 is 2.14 bits per heavy atom. The first-order chi connectivity index (χ1) is 6.34. The maximum Gasteiger partial charge on any atom is 1.00 e. The number of alkyl carbamates (subject to hydrolysis) is 1. The van der Waals surface area contributed by atoms with E-state index in [-0.39, 0.29) is 32.4 Å². The Balaban J connectivity index is 0.000000980. The van der Waals surface area contributed by atoms with Crippen molar-refractivity contribution in [1.82, 2.24) is 5.32 Å². The molecule has 1 aliphatic rings. The van der Waals surface area contributed by atoms with Crippen LogP contribution in [-0.4, -0.2) is 18.7 Å². The zero-order valence-electron chi connectivity index (χ0n) is 9.19. The van der Waals surface area contributed by atoms with E-state index in [1.54, 1.807) is 0 Å². The van der Waals surface area contributed by atoms with Crippen LogP contribution in [0.1, 0.15) is 6.99 Å². The second-order valence-corrected chi connectivity index (χ2v) is 3.13. The third-order valence-corrected chi connectivity index (χ3v) is 2.06. The van der Waals surface area contributed by atoms with E-state index < -0.39 is 0 Å². The molecule has 1 aliphatic heterocycles. The van der Waals surface area contributed by atoms with Gasteiger partial charge in [0.05, 0.1) is 6.04 Å². The molecule has 1 amide bonds. The fraction of sp³-hybridized carbons (Fsp3) is 0.300. The molecule has 3 nitrogen and oxygen atoms in total. The first-order valence-electron chi connectivity index (χ1n) is 4.32. The predicted octanol–water partition coefficient (Wildman–Crippen LogP) is -1.55. The van der Waals surface area contributed by atoms with E-state index in [1.807, 2.05) is 30.3 Å². The van der Waals surface area contributed by atoms with Gasteiger partial charge in [-0.25, -0.2) is 4.79 Å². The number of nitrogens with one attached hydrogen (secondary N) is 1. The Morgan fingerprint density at radius 1 is 1.43 bits per heavy atom. The van der Waals surface area contributed by atoms with Gasteiger partial charge in [0.25, 0.3) is 0 Å². The Kier molecular flexibility index (Phi) is 4.06. The van der Waals surface area contributed by atoms with Gasteiger partial charge in [-0.1, -0.05) is 30.3 Å². The zero-order valence-corrected chi connectivity index (χ0v) is 8.19. The number of cyclic esters (lactones) is 1. The van der Waals surface area contributed by atoms with Gasteiger partial charge in [0, 0.05) is 0 Å². The van der Waals surface area contributed by atoms with Gasteiger partial charge in [-0.2, -0.15) is 0 Å². The van der Waals surface area contributed by atoms with Crippen molar-refractivity contribution < 1.29 is 29.8 Å². The fourth-order valence-electron chi connectivity index (χ4n) is 1.43. The van der Waals surface area contributed by atoms with E-state index in [2.05, 4.69) is 5.32 Å². The Bertz CT molecular complexity index is 308. The van der Waals surface area contributed by atoms with E-state index in [9.17, 15) is 4.79 Å². The van der Waals surface area contributed by atoms with Crippen molar-refractivity contribution in [3.8, 4) is 0 Å². The molecule has 0 radical (unpaired) electrons. The van der Waals surface area contributed by atoms with Crippen LogP contribution in [0.5, 0.6) is 0 Å². The molecule has 14 heavy (non-hydrogen) atoms. The molecule has 2 rings (SSSR count). The Hall–Kier alpha value is -0.913. The van der Waals surface area contributed by atoms with E-state index in [4.69, 9.17) is 4.74 Å². The average molecular weight is 185 g/mol. The first kappa shape index (κ1) is 11.2. The second kappa shape index (κ2) is 5.09. The Morgan fingerprint density at radius 3 is 2.71 bits per heavy atom. The van der Waals surface area contributed by atoms with Crippen LogP contribution in [0.3, 0.4) is 0 Å². The molecule has 0 saturated carbocycles. The molecule has 0 aliphatic carbocycles. The molecule has 0 aromatic heterocycles. The van der Waals surface area contributed by atoms with E-state index >= 15 is 0 Å². The molecule has 1 heterocycles. The predicted molar refractivity (Wildman–Crippen MR) is 49.5 cm³/mol. The molecule has 1 fully saturated rings. The summed E-state index contributed by atoms with van der Waals surface area (Å²) in [7, 11) is 0. The van der Waals surface area contributed by atoms with Gasteiger partial charge in [0.2, 0.25) is 0 Å². The largest absolute Gasteiger partial charge is 1.00 e. The second-order valence-electron chi connectivity index (χ2n) is 3.13. The molecule has 0 bridgehead atoms. The van der Waals surface area contributed by atoms with Crippen LogP contribution >= 0.6 is 0 Å². The quantitative estimate of drug-likeness (QED) is 0.567. The smallest absolute Gasteiger partial charge is 1.00 e. The molecule has 4 heteroatoms. The average Bonchev–Trinajstić information content (AvgIpc) is 2.53. The van der Waals surface area contributed by atoms with Crippen molar-refractivity contribution in [2.75, 3.05) is 6.61 Å². The van der Waals surface area contributed by atoms with Gasteiger partial charge in [0.15, 0.2) is 0 Å². The van der Waals surface area contributed by atoms with Crippen molar-refractivity contribution in [3.05, 3.63) is 35.9 Å². The van der Waals surface area contributed by atoms with Gasteiger partial charge in [0.1, 0.15) is 6.61 Å². The first-order valence-corrected chi connectivity index (χ1v) is 4.32. The number of hydrogen-bond donors (Lipinski definition) is 1. The summed E-state index contributed by atoms with van der Waals surface area (Å²) in [5, 5.41) is 2.74. The summed E-state index contributed by atoms with van der Waals surface area (Å²) in [5.74, 6) is 0. The number of rotatable bonds is 2. The van der Waals surface area contributed by atoms with Crippen molar-refractivity contribution in [3.63, 3.8) is 0 Å². The van der Waals surface area contributed by atoms with Crippen LogP contribution in [0.25, 0.3) is 0 Å².